The topological polar surface area (TPSA) is 201 Å². The lowest BCUT2D eigenvalue weighted by molar-refractivity contribution is -0.113. The molecule has 8 rings (SSSR count). The summed E-state index contributed by atoms with van der Waals surface area (Å²) in [6.07, 6.45) is 6.63. The summed E-state index contributed by atoms with van der Waals surface area (Å²) in [6.45, 7) is 25.9. The van der Waals surface area contributed by atoms with Crippen molar-refractivity contribution in [2.24, 2.45) is 0 Å². The fraction of sp³-hybridized carbons (Fsp3) is 0.167. The lowest BCUT2D eigenvalue weighted by Gasteiger charge is -2.16. The minimum absolute atomic E-state index is 0.0970. The molecule has 0 aliphatic heterocycles. The molecule has 0 bridgehead atoms. The van der Waals surface area contributed by atoms with Crippen molar-refractivity contribution >= 4 is 51.4 Å². The molecule has 0 saturated carbocycles. The number of aryl methyl sites for hydroxylation is 3. The summed E-state index contributed by atoms with van der Waals surface area (Å²) in [5.74, 6) is -0.104. The SMILES string of the molecule is [C-]#[N+]c1c[nH]n2c(=O)c(C3=Cc4ccccc4CC3=O)c(C)nc12.[C-]#[N+]c1c[nH]n2c(=O)c(CCO)c(C)nc12.[C-]#[N+]c1c[nH]n2c(=O)cc(C)nc12. The predicted molar refractivity (Wildman–Crippen MR) is 194 cm³/mol. The first-order chi connectivity index (χ1) is 25.5. The second-order valence-corrected chi connectivity index (χ2v) is 11.7. The Balaban J connectivity index is 0.000000144. The predicted octanol–water partition coefficient (Wildman–Crippen LogP) is 3.85. The van der Waals surface area contributed by atoms with Crippen LogP contribution in [0.15, 0.2) is 63.3 Å². The Morgan fingerprint density at radius 2 is 1.30 bits per heavy atom. The molecular weight excluding hydrogens is 680 g/mol. The van der Waals surface area contributed by atoms with Crippen molar-refractivity contribution in [3.05, 3.63) is 154 Å². The summed E-state index contributed by atoms with van der Waals surface area (Å²) >= 11 is 0. The van der Waals surface area contributed by atoms with E-state index in [4.69, 9.17) is 24.8 Å². The van der Waals surface area contributed by atoms with Crippen LogP contribution in [0, 0.1) is 40.5 Å². The summed E-state index contributed by atoms with van der Waals surface area (Å²) in [7, 11) is 0. The molecule has 1 aliphatic rings. The number of carbonyl (C=O) groups excluding carboxylic acids is 1. The number of hydrogen-bond donors (Lipinski definition) is 4. The summed E-state index contributed by atoms with van der Waals surface area (Å²) in [6, 6.07) is 9.04. The highest BCUT2D eigenvalue weighted by Gasteiger charge is 2.25. The van der Waals surface area contributed by atoms with Crippen LogP contribution >= 0.6 is 0 Å². The quantitative estimate of drug-likeness (QED) is 0.198. The van der Waals surface area contributed by atoms with Crippen molar-refractivity contribution in [3.63, 3.8) is 0 Å². The van der Waals surface area contributed by atoms with E-state index in [0.717, 1.165) is 11.1 Å². The number of fused-ring (bicyclic) bond motifs is 4. The van der Waals surface area contributed by atoms with Gasteiger partial charge in [-0.15, -0.1) is 0 Å². The maximum atomic E-state index is 12.8. The first kappa shape index (κ1) is 35.2. The number of aliphatic hydroxyl groups excluding tert-OH is 1. The molecule has 6 heterocycles. The number of Topliss-reactive ketones (excluding diaryl/α,β-unsaturated/α-hetero) is 1. The molecule has 4 N–H and O–H groups in total. The van der Waals surface area contributed by atoms with Gasteiger partial charge in [-0.25, -0.2) is 43.0 Å². The molecule has 0 radical (unpaired) electrons. The third-order valence-electron chi connectivity index (χ3n) is 8.37. The first-order valence-electron chi connectivity index (χ1n) is 15.9. The smallest absolute Gasteiger partial charge is 0.279 e. The van der Waals surface area contributed by atoms with E-state index in [9.17, 15) is 19.2 Å². The van der Waals surface area contributed by atoms with Crippen LogP contribution in [0.4, 0.5) is 17.1 Å². The van der Waals surface area contributed by atoms with Crippen molar-refractivity contribution in [1.29, 1.82) is 0 Å². The number of allylic oxidation sites excluding steroid dienone is 1. The molecule has 17 nitrogen and oxygen atoms in total. The van der Waals surface area contributed by atoms with Crippen molar-refractivity contribution < 1.29 is 9.90 Å². The maximum absolute atomic E-state index is 12.8. The van der Waals surface area contributed by atoms with E-state index in [1.165, 1.54) is 38.2 Å². The summed E-state index contributed by atoms with van der Waals surface area (Å²) in [5, 5.41) is 16.9. The molecule has 1 aliphatic carbocycles. The number of carbonyl (C=O) groups is 1. The van der Waals surface area contributed by atoms with Crippen LogP contribution in [-0.2, 0) is 17.6 Å². The third kappa shape index (κ3) is 6.41. The van der Waals surface area contributed by atoms with E-state index < -0.39 is 0 Å². The molecule has 6 aromatic heterocycles. The normalized spacial score (nSPS) is 11.8. The fourth-order valence-electron chi connectivity index (χ4n) is 5.85. The molecule has 53 heavy (non-hydrogen) atoms. The molecule has 0 spiro atoms. The van der Waals surface area contributed by atoms with Crippen molar-refractivity contribution in [2.75, 3.05) is 6.61 Å². The Bertz CT molecular complexity index is 2950. The number of aromatic nitrogens is 9. The van der Waals surface area contributed by atoms with Crippen molar-refractivity contribution in [3.8, 4) is 0 Å². The lowest BCUT2D eigenvalue weighted by Crippen LogP contribution is -2.25. The van der Waals surface area contributed by atoms with E-state index in [0.29, 0.717) is 50.9 Å². The van der Waals surface area contributed by atoms with E-state index in [2.05, 4.69) is 44.8 Å². The number of aromatic amines is 3. The molecule has 0 saturated heterocycles. The Hall–Kier alpha value is -7.68. The van der Waals surface area contributed by atoms with Crippen LogP contribution in [0.1, 0.15) is 39.3 Å². The van der Waals surface area contributed by atoms with Gasteiger partial charge in [0.25, 0.3) is 16.7 Å². The number of aliphatic hydroxyl groups is 1. The fourth-order valence-corrected chi connectivity index (χ4v) is 5.85. The monoisotopic (exact) mass is 708 g/mol. The molecular formula is C36H28N12O5. The molecule has 262 valence electrons. The van der Waals surface area contributed by atoms with Gasteiger partial charge in [0.1, 0.15) is 0 Å². The summed E-state index contributed by atoms with van der Waals surface area (Å²) in [5.41, 5.74) is 5.77. The molecule has 0 atom stereocenters. The number of hydrogen-bond acceptors (Lipinski definition) is 8. The highest BCUT2D eigenvalue weighted by atomic mass is 16.3. The largest absolute Gasteiger partial charge is 0.396 e. The van der Waals surface area contributed by atoms with Crippen LogP contribution in [0.2, 0.25) is 0 Å². The number of H-pyrrole nitrogens is 3. The molecule has 7 aromatic rings. The van der Waals surface area contributed by atoms with Gasteiger partial charge >= 0.3 is 0 Å². The number of nitrogens with zero attached hydrogens (tertiary/aromatic N) is 9. The van der Waals surface area contributed by atoms with Crippen molar-refractivity contribution in [2.45, 2.75) is 33.6 Å². The van der Waals surface area contributed by atoms with Gasteiger partial charge in [0.15, 0.2) is 22.7 Å². The second-order valence-electron chi connectivity index (χ2n) is 11.7. The minimum Gasteiger partial charge on any atom is -0.396 e. The first-order valence-corrected chi connectivity index (χ1v) is 15.9. The van der Waals surface area contributed by atoms with Gasteiger partial charge in [-0.05, 0) is 38.0 Å². The average molecular weight is 709 g/mol. The number of nitrogens with one attached hydrogen (secondary N) is 3. The number of benzene rings is 1. The highest BCUT2D eigenvalue weighted by molar-refractivity contribution is 6.27. The van der Waals surface area contributed by atoms with Crippen LogP contribution in [0.5, 0.6) is 0 Å². The zero-order valence-corrected chi connectivity index (χ0v) is 28.4. The Morgan fingerprint density at radius 1 is 0.755 bits per heavy atom. The Kier molecular flexibility index (Phi) is 9.47. The molecule has 0 amide bonds. The zero-order valence-electron chi connectivity index (χ0n) is 28.4. The third-order valence-corrected chi connectivity index (χ3v) is 8.37. The highest BCUT2D eigenvalue weighted by Crippen LogP contribution is 2.28. The molecule has 0 unspecified atom stereocenters. The van der Waals surface area contributed by atoms with Gasteiger partial charge in [0, 0.05) is 66.6 Å². The molecule has 17 heteroatoms. The molecule has 1 aromatic carbocycles. The number of ketones is 1. The van der Waals surface area contributed by atoms with Crippen molar-refractivity contribution in [1.82, 2.24) is 43.8 Å². The maximum Gasteiger partial charge on any atom is 0.279 e. The van der Waals surface area contributed by atoms with Gasteiger partial charge < -0.3 is 20.4 Å². The Labute approximate surface area is 298 Å². The van der Waals surface area contributed by atoms with Crippen LogP contribution < -0.4 is 16.7 Å². The standard InChI is InChI=1S/C18H12N4O2.C10H10N4O2.C8H6N4O/c1-10-16(18(24)22-17(21-10)14(19-2)9-20-22)13-7-11-5-3-4-6-12(11)8-15(13)23;1-6-7(3-4-15)10(16)14-9(13-6)8(11-2)5-12-14;1-5-3-7(13)12-8(11-5)6(9-2)4-10-12/h3-7,9,20H,8H2,1H3;5,12,15H,3-4H2,1H3;3-4,10H,1H3. The van der Waals surface area contributed by atoms with Crippen LogP contribution in [0.25, 0.3) is 43.1 Å². The molecule has 0 fully saturated rings. The number of rotatable bonds is 3. The van der Waals surface area contributed by atoms with Gasteiger partial charge in [0.05, 0.1) is 31.0 Å². The summed E-state index contributed by atoms with van der Waals surface area (Å²) in [4.78, 5) is 71.1. The van der Waals surface area contributed by atoms with E-state index in [1.807, 2.05) is 24.3 Å². The van der Waals surface area contributed by atoms with Gasteiger partial charge in [-0.2, -0.15) is 0 Å². The van der Waals surface area contributed by atoms with E-state index in [1.54, 1.807) is 26.8 Å². The van der Waals surface area contributed by atoms with Crippen LogP contribution in [-0.4, -0.2) is 61.3 Å². The van der Waals surface area contributed by atoms with E-state index in [-0.39, 0.29) is 58.8 Å². The van der Waals surface area contributed by atoms with Crippen LogP contribution in [0.3, 0.4) is 0 Å². The zero-order chi connectivity index (χ0) is 38.0. The Morgan fingerprint density at radius 3 is 1.91 bits per heavy atom. The lowest BCUT2D eigenvalue weighted by atomic mass is 9.87. The van der Waals surface area contributed by atoms with Gasteiger partial charge in [0.2, 0.25) is 17.1 Å². The van der Waals surface area contributed by atoms with Gasteiger partial charge in [-0.3, -0.25) is 19.2 Å². The second kappa shape index (κ2) is 14.3. The minimum atomic E-state index is -0.369. The van der Waals surface area contributed by atoms with Gasteiger partial charge in [-0.1, -0.05) is 24.3 Å². The van der Waals surface area contributed by atoms with E-state index >= 15 is 0 Å². The summed E-state index contributed by atoms with van der Waals surface area (Å²) < 4.78 is 3.69. The average Bonchev–Trinajstić information content (AvgIpc) is 3.87.